The highest BCUT2D eigenvalue weighted by Gasteiger charge is 2.37. The third-order valence-electron chi connectivity index (χ3n) is 3.40. The van der Waals surface area contributed by atoms with Gasteiger partial charge in [0, 0.05) is 13.1 Å². The Labute approximate surface area is 116 Å². The van der Waals surface area contributed by atoms with E-state index in [9.17, 15) is 18.8 Å². The van der Waals surface area contributed by atoms with E-state index >= 15 is 0 Å². The molecular weight excluding hydrogens is 263 g/mol. The van der Waals surface area contributed by atoms with Gasteiger partial charge in [-0.2, -0.15) is 0 Å². The minimum absolute atomic E-state index is 0.0251. The first-order chi connectivity index (χ1) is 9.32. The van der Waals surface area contributed by atoms with Crippen LogP contribution in [0.25, 0.3) is 0 Å². The Morgan fingerprint density at radius 1 is 1.35 bits per heavy atom. The SMILES string of the molecule is CC(C)N(C)C(=O)CN1C(=O)C(=O)c2ccc(F)cc21. The smallest absolute Gasteiger partial charge is 0.299 e. The molecule has 1 aliphatic rings. The molecule has 5 nitrogen and oxygen atoms in total. The van der Waals surface area contributed by atoms with Crippen molar-refractivity contribution in [1.29, 1.82) is 0 Å². The molecule has 0 saturated carbocycles. The lowest BCUT2D eigenvalue weighted by molar-refractivity contribution is -0.131. The van der Waals surface area contributed by atoms with Gasteiger partial charge in [0.1, 0.15) is 12.4 Å². The molecule has 0 atom stereocenters. The number of halogens is 1. The number of benzene rings is 1. The number of hydrogen-bond donors (Lipinski definition) is 0. The first-order valence-corrected chi connectivity index (χ1v) is 6.24. The van der Waals surface area contributed by atoms with Gasteiger partial charge in [0.2, 0.25) is 5.91 Å². The molecule has 1 heterocycles. The third-order valence-corrected chi connectivity index (χ3v) is 3.40. The lowest BCUT2D eigenvalue weighted by atomic mass is 10.1. The maximum absolute atomic E-state index is 13.3. The summed E-state index contributed by atoms with van der Waals surface area (Å²) in [5.41, 5.74) is 0.293. The van der Waals surface area contributed by atoms with E-state index in [-0.39, 0.29) is 29.7 Å². The standard InChI is InChI=1S/C14H15FN2O3/c1-8(2)16(3)12(18)7-17-11-6-9(15)4-5-10(11)13(19)14(17)20/h4-6,8H,7H2,1-3H3. The molecule has 0 fully saturated rings. The highest BCUT2D eigenvalue weighted by molar-refractivity contribution is 6.52. The van der Waals surface area contributed by atoms with Crippen molar-refractivity contribution < 1.29 is 18.8 Å². The van der Waals surface area contributed by atoms with Gasteiger partial charge in [-0.05, 0) is 32.0 Å². The van der Waals surface area contributed by atoms with Crippen LogP contribution in [0.4, 0.5) is 10.1 Å². The second-order valence-electron chi connectivity index (χ2n) is 4.98. The zero-order valence-electron chi connectivity index (χ0n) is 11.5. The fourth-order valence-corrected chi connectivity index (χ4v) is 1.96. The molecule has 1 aliphatic heterocycles. The number of Topliss-reactive ketones (excluding diaryl/α,β-unsaturated/α-hetero) is 1. The molecule has 0 saturated heterocycles. The quantitative estimate of drug-likeness (QED) is 0.781. The third kappa shape index (κ3) is 2.29. The van der Waals surface area contributed by atoms with E-state index in [0.29, 0.717) is 0 Å². The number of likely N-dealkylation sites (N-methyl/N-ethyl adjacent to an activating group) is 1. The summed E-state index contributed by atoms with van der Waals surface area (Å²) >= 11 is 0. The van der Waals surface area contributed by atoms with Crippen molar-refractivity contribution >= 4 is 23.3 Å². The minimum atomic E-state index is -0.795. The van der Waals surface area contributed by atoms with Gasteiger partial charge in [0.05, 0.1) is 11.3 Å². The molecule has 2 amide bonds. The van der Waals surface area contributed by atoms with Gasteiger partial charge in [-0.15, -0.1) is 0 Å². The van der Waals surface area contributed by atoms with Crippen molar-refractivity contribution in [1.82, 2.24) is 4.90 Å². The van der Waals surface area contributed by atoms with Crippen molar-refractivity contribution in [3.05, 3.63) is 29.6 Å². The van der Waals surface area contributed by atoms with Crippen LogP contribution in [0.2, 0.25) is 0 Å². The van der Waals surface area contributed by atoms with Crippen LogP contribution < -0.4 is 4.90 Å². The highest BCUT2D eigenvalue weighted by atomic mass is 19.1. The summed E-state index contributed by atoms with van der Waals surface area (Å²) in [6, 6.07) is 3.46. The van der Waals surface area contributed by atoms with Crippen molar-refractivity contribution in [2.75, 3.05) is 18.5 Å². The fourth-order valence-electron chi connectivity index (χ4n) is 1.96. The number of carbonyl (C=O) groups is 3. The molecule has 20 heavy (non-hydrogen) atoms. The summed E-state index contributed by atoms with van der Waals surface area (Å²) in [6.07, 6.45) is 0. The number of nitrogens with zero attached hydrogens (tertiary/aromatic N) is 2. The lowest BCUT2D eigenvalue weighted by Crippen LogP contribution is -2.43. The Morgan fingerprint density at radius 2 is 2.00 bits per heavy atom. The molecular formula is C14H15FN2O3. The Balaban J connectivity index is 2.30. The summed E-state index contributed by atoms with van der Waals surface area (Å²) in [5, 5.41) is 0. The van der Waals surface area contributed by atoms with Crippen LogP contribution in [0.3, 0.4) is 0 Å². The normalized spacial score (nSPS) is 13.9. The predicted molar refractivity (Wildman–Crippen MR) is 71.0 cm³/mol. The molecule has 0 N–H and O–H groups in total. The van der Waals surface area contributed by atoms with Gasteiger partial charge in [0.15, 0.2) is 0 Å². The zero-order chi connectivity index (χ0) is 15.0. The molecule has 1 aromatic carbocycles. The summed E-state index contributed by atoms with van der Waals surface area (Å²) in [6.45, 7) is 3.40. The van der Waals surface area contributed by atoms with E-state index in [1.54, 1.807) is 7.05 Å². The number of amides is 2. The van der Waals surface area contributed by atoms with Crippen LogP contribution in [0, 0.1) is 5.82 Å². The van der Waals surface area contributed by atoms with Gasteiger partial charge >= 0.3 is 0 Å². The van der Waals surface area contributed by atoms with Gasteiger partial charge < -0.3 is 4.90 Å². The summed E-state index contributed by atoms with van der Waals surface area (Å²) in [5.74, 6) is -2.37. The molecule has 6 heteroatoms. The average Bonchev–Trinajstić information content (AvgIpc) is 2.62. The lowest BCUT2D eigenvalue weighted by Gasteiger charge is -2.24. The fraction of sp³-hybridized carbons (Fsp3) is 0.357. The first-order valence-electron chi connectivity index (χ1n) is 6.24. The molecule has 2 rings (SSSR count). The number of hydrogen-bond acceptors (Lipinski definition) is 3. The topological polar surface area (TPSA) is 57.7 Å². The summed E-state index contributed by atoms with van der Waals surface area (Å²) in [7, 11) is 1.61. The summed E-state index contributed by atoms with van der Waals surface area (Å²) in [4.78, 5) is 38.2. The van der Waals surface area contributed by atoms with Crippen LogP contribution in [0.15, 0.2) is 18.2 Å². The molecule has 106 valence electrons. The van der Waals surface area contributed by atoms with E-state index in [0.717, 1.165) is 17.0 Å². The van der Waals surface area contributed by atoms with Crippen molar-refractivity contribution in [2.24, 2.45) is 0 Å². The number of ketones is 1. The molecule has 0 spiro atoms. The number of anilines is 1. The zero-order valence-corrected chi connectivity index (χ0v) is 11.5. The van der Waals surface area contributed by atoms with Crippen LogP contribution in [0.5, 0.6) is 0 Å². The molecule has 1 aromatic rings. The molecule has 0 aromatic heterocycles. The van der Waals surface area contributed by atoms with Crippen molar-refractivity contribution in [2.45, 2.75) is 19.9 Å². The second-order valence-corrected chi connectivity index (χ2v) is 4.98. The van der Waals surface area contributed by atoms with Crippen LogP contribution >= 0.6 is 0 Å². The van der Waals surface area contributed by atoms with Crippen LogP contribution in [0.1, 0.15) is 24.2 Å². The number of carbonyl (C=O) groups excluding carboxylic acids is 3. The van der Waals surface area contributed by atoms with E-state index in [1.807, 2.05) is 13.8 Å². The van der Waals surface area contributed by atoms with Gasteiger partial charge in [-0.1, -0.05) is 0 Å². The van der Waals surface area contributed by atoms with Gasteiger partial charge in [0.25, 0.3) is 11.7 Å². The summed E-state index contributed by atoms with van der Waals surface area (Å²) < 4.78 is 13.3. The van der Waals surface area contributed by atoms with Crippen molar-refractivity contribution in [3.8, 4) is 0 Å². The number of fused-ring (bicyclic) bond motifs is 1. The Bertz CT molecular complexity index is 598. The predicted octanol–water partition coefficient (Wildman–Crippen LogP) is 1.22. The van der Waals surface area contributed by atoms with E-state index < -0.39 is 17.5 Å². The monoisotopic (exact) mass is 278 g/mol. The second kappa shape index (κ2) is 5.03. The van der Waals surface area contributed by atoms with Gasteiger partial charge in [-0.3, -0.25) is 19.3 Å². The molecule has 0 aliphatic carbocycles. The minimum Gasteiger partial charge on any atom is -0.342 e. The maximum atomic E-state index is 13.3. The Morgan fingerprint density at radius 3 is 2.60 bits per heavy atom. The maximum Gasteiger partial charge on any atom is 0.299 e. The molecule has 0 bridgehead atoms. The van der Waals surface area contributed by atoms with E-state index in [1.165, 1.54) is 11.0 Å². The van der Waals surface area contributed by atoms with Crippen molar-refractivity contribution in [3.63, 3.8) is 0 Å². The van der Waals surface area contributed by atoms with Crippen LogP contribution in [-0.4, -0.2) is 42.1 Å². The van der Waals surface area contributed by atoms with Crippen LogP contribution in [-0.2, 0) is 9.59 Å². The highest BCUT2D eigenvalue weighted by Crippen LogP contribution is 2.29. The number of rotatable bonds is 3. The van der Waals surface area contributed by atoms with E-state index in [4.69, 9.17) is 0 Å². The largest absolute Gasteiger partial charge is 0.342 e. The molecule has 0 unspecified atom stereocenters. The Kier molecular flexibility index (Phi) is 3.57. The van der Waals surface area contributed by atoms with E-state index in [2.05, 4.69) is 0 Å². The average molecular weight is 278 g/mol. The first kappa shape index (κ1) is 14.2. The Hall–Kier alpha value is -2.24. The van der Waals surface area contributed by atoms with Gasteiger partial charge in [-0.25, -0.2) is 4.39 Å². The molecule has 0 radical (unpaired) electrons.